The number of carboxylic acid groups (broad SMARTS) is 1. The predicted octanol–water partition coefficient (Wildman–Crippen LogP) is 2.03. The normalized spacial score (nSPS) is 6.89. The molecule has 0 bridgehead atoms. The fourth-order valence-corrected chi connectivity index (χ4v) is 0.703. The van der Waals surface area contributed by atoms with Crippen LogP contribution in [0.5, 0.6) is 0 Å². The maximum atomic E-state index is 9.82. The van der Waals surface area contributed by atoms with Crippen molar-refractivity contribution in [2.45, 2.75) is 60.3 Å². The summed E-state index contributed by atoms with van der Waals surface area (Å²) < 4.78 is 4.40. The lowest BCUT2D eigenvalue weighted by atomic mass is 10.2. The van der Waals surface area contributed by atoms with Crippen LogP contribution in [0.25, 0.3) is 0 Å². The Balaban J connectivity index is -0.0000000480. The zero-order valence-electron chi connectivity index (χ0n) is 13.2. The Morgan fingerprint density at radius 1 is 0.947 bits per heavy atom. The van der Waals surface area contributed by atoms with Gasteiger partial charge in [0.2, 0.25) is 0 Å². The maximum Gasteiger partial charge on any atom is 0.302 e. The molecule has 0 spiro atoms. The Labute approximate surface area is 117 Å². The number of rotatable bonds is 4. The summed E-state index contributed by atoms with van der Waals surface area (Å²) in [6, 6.07) is 0. The topological polar surface area (TPSA) is 115 Å². The monoisotopic (exact) mass is 284 g/mol. The quantitative estimate of drug-likeness (QED) is 0.605. The van der Waals surface area contributed by atoms with Crippen LogP contribution in [0.2, 0.25) is 0 Å². The van der Waals surface area contributed by atoms with Crippen LogP contribution in [0, 0.1) is 0 Å². The molecule has 0 amide bonds. The van der Waals surface area contributed by atoms with E-state index in [4.69, 9.17) is 15.0 Å². The highest BCUT2D eigenvalue weighted by Crippen LogP contribution is 1.95. The van der Waals surface area contributed by atoms with Crippen molar-refractivity contribution in [1.82, 2.24) is 0 Å². The molecule has 0 aliphatic carbocycles. The summed E-state index contributed by atoms with van der Waals surface area (Å²) in [6.45, 7) is 9.20. The molecule has 0 aromatic heterocycles. The molecule has 0 fully saturated rings. The van der Waals surface area contributed by atoms with Crippen LogP contribution in [0.4, 0.5) is 0 Å². The molecule has 120 valence electrons. The molecule has 4 N–H and O–H groups in total. The van der Waals surface area contributed by atoms with Gasteiger partial charge < -0.3 is 20.4 Å². The first kappa shape index (κ1) is 30.7. The summed E-state index contributed by atoms with van der Waals surface area (Å²) in [6.07, 6.45) is 5.54. The molecule has 0 aliphatic rings. The van der Waals surface area contributed by atoms with Crippen LogP contribution < -0.4 is 0 Å². The van der Waals surface area contributed by atoms with Crippen LogP contribution in [0.1, 0.15) is 60.3 Å². The van der Waals surface area contributed by atoms with E-state index in [-0.39, 0.29) is 11.4 Å². The molecule has 0 heterocycles. The third-order valence-corrected chi connectivity index (χ3v) is 1.30. The van der Waals surface area contributed by atoms with Crippen molar-refractivity contribution < 1.29 is 30.0 Å². The van der Waals surface area contributed by atoms with Gasteiger partial charge in [-0.2, -0.15) is 0 Å². The Morgan fingerprint density at radius 3 is 1.26 bits per heavy atom. The molecule has 19 heavy (non-hydrogen) atoms. The van der Waals surface area contributed by atoms with E-state index >= 15 is 0 Å². The second-order valence-electron chi connectivity index (χ2n) is 3.15. The molecule has 6 heteroatoms. The van der Waals surface area contributed by atoms with E-state index in [1.165, 1.54) is 32.6 Å². The average Bonchev–Trinajstić information content (AvgIpc) is 2.29. The van der Waals surface area contributed by atoms with E-state index in [1.807, 2.05) is 0 Å². The molecule has 0 radical (unpaired) electrons. The minimum atomic E-state index is -0.833. The number of aliphatic carboxylic acids is 1. The molecule has 0 aliphatic heterocycles. The zero-order chi connectivity index (χ0) is 15.4. The number of aliphatic hydroxyl groups is 1. The highest BCUT2D eigenvalue weighted by Gasteiger charge is 1.81. The number of carboxylic acids is 1. The zero-order valence-corrected chi connectivity index (χ0v) is 13.2. The molecule has 0 aromatic rings. The average molecular weight is 284 g/mol. The van der Waals surface area contributed by atoms with Crippen molar-refractivity contribution in [2.75, 3.05) is 13.7 Å². The predicted molar refractivity (Wildman–Crippen MR) is 77.2 cm³/mol. The Morgan fingerprint density at radius 2 is 1.21 bits per heavy atom. The molecule has 0 aromatic carbocycles. The third kappa shape index (κ3) is 158. The van der Waals surface area contributed by atoms with Gasteiger partial charge in [0.1, 0.15) is 0 Å². The van der Waals surface area contributed by atoms with Gasteiger partial charge in [0.25, 0.3) is 5.97 Å². The van der Waals surface area contributed by atoms with Gasteiger partial charge in [-0.25, -0.2) is 0 Å². The van der Waals surface area contributed by atoms with Crippen molar-refractivity contribution in [3.63, 3.8) is 0 Å². The van der Waals surface area contributed by atoms with E-state index in [0.29, 0.717) is 6.61 Å². The van der Waals surface area contributed by atoms with E-state index < -0.39 is 5.97 Å². The van der Waals surface area contributed by atoms with E-state index in [9.17, 15) is 4.79 Å². The van der Waals surface area contributed by atoms with E-state index in [0.717, 1.165) is 14.0 Å². The molecule has 6 nitrogen and oxygen atoms in total. The highest BCUT2D eigenvalue weighted by atomic mass is 16.5. The molecule has 0 rings (SSSR count). The van der Waals surface area contributed by atoms with Crippen LogP contribution in [0.15, 0.2) is 0 Å². The van der Waals surface area contributed by atoms with E-state index in [2.05, 4.69) is 18.6 Å². The Bertz CT molecular complexity index is 151. The first-order valence-electron chi connectivity index (χ1n) is 6.19. The molecular weight excluding hydrogens is 252 g/mol. The minimum absolute atomic E-state index is 0. The van der Waals surface area contributed by atoms with Crippen LogP contribution in [0.3, 0.4) is 0 Å². The van der Waals surface area contributed by atoms with Crippen LogP contribution in [-0.4, -0.2) is 41.3 Å². The molecular formula is C13H32O6. The number of hydrogen-bond acceptors (Lipinski definition) is 4. The number of carbonyl (C=O) groups is 2. The summed E-state index contributed by atoms with van der Waals surface area (Å²) in [7, 11) is 1.00. The fourth-order valence-electron chi connectivity index (χ4n) is 0.703. The standard InChI is InChI=1S/C6H14.C4H8O2.C2H4O2.CH4O.H2O/c1-3-5-6-4-2;1-3-6-4(2)5;1-2(3)4;1-2;/h3-6H2,1-2H3;3H2,1-2H3;1H3,(H,3,4);2H,1H3;1H2. The lowest BCUT2D eigenvalue weighted by Crippen LogP contribution is -1.95. The van der Waals surface area contributed by atoms with Crippen molar-refractivity contribution in [1.29, 1.82) is 0 Å². The lowest BCUT2D eigenvalue weighted by Gasteiger charge is -1.89. The minimum Gasteiger partial charge on any atom is -0.481 e. The van der Waals surface area contributed by atoms with Gasteiger partial charge in [0.05, 0.1) is 6.61 Å². The summed E-state index contributed by atoms with van der Waals surface area (Å²) in [5.74, 6) is -1.04. The Kier molecular flexibility index (Phi) is 58.1. The largest absolute Gasteiger partial charge is 0.481 e. The number of hydrogen-bond donors (Lipinski definition) is 2. The first-order chi connectivity index (χ1) is 8.42. The summed E-state index contributed by atoms with van der Waals surface area (Å²) >= 11 is 0. The summed E-state index contributed by atoms with van der Waals surface area (Å²) in [4.78, 5) is 18.8. The first-order valence-corrected chi connectivity index (χ1v) is 6.19. The summed E-state index contributed by atoms with van der Waals surface area (Å²) in [5, 5.41) is 14.4. The van der Waals surface area contributed by atoms with Gasteiger partial charge in [-0.15, -0.1) is 0 Å². The third-order valence-electron chi connectivity index (χ3n) is 1.30. The van der Waals surface area contributed by atoms with Gasteiger partial charge in [-0.3, -0.25) is 9.59 Å². The number of carbonyl (C=O) groups excluding carboxylic acids is 1. The molecule has 0 saturated heterocycles. The van der Waals surface area contributed by atoms with Crippen LogP contribution in [-0.2, 0) is 14.3 Å². The smallest absolute Gasteiger partial charge is 0.302 e. The number of ether oxygens (including phenoxy) is 1. The van der Waals surface area contributed by atoms with Crippen molar-refractivity contribution in [3.05, 3.63) is 0 Å². The van der Waals surface area contributed by atoms with Crippen molar-refractivity contribution in [3.8, 4) is 0 Å². The van der Waals surface area contributed by atoms with Gasteiger partial charge in [0.15, 0.2) is 0 Å². The van der Waals surface area contributed by atoms with E-state index in [1.54, 1.807) is 6.92 Å². The Hall–Kier alpha value is -1.14. The summed E-state index contributed by atoms with van der Waals surface area (Å²) in [5.41, 5.74) is 0. The van der Waals surface area contributed by atoms with Gasteiger partial charge in [-0.05, 0) is 6.92 Å². The lowest BCUT2D eigenvalue weighted by molar-refractivity contribution is -0.140. The highest BCUT2D eigenvalue weighted by molar-refractivity contribution is 5.65. The second-order valence-corrected chi connectivity index (χ2v) is 3.15. The van der Waals surface area contributed by atoms with Crippen molar-refractivity contribution in [2.24, 2.45) is 0 Å². The van der Waals surface area contributed by atoms with Crippen molar-refractivity contribution >= 4 is 11.9 Å². The van der Waals surface area contributed by atoms with Gasteiger partial charge in [0, 0.05) is 21.0 Å². The number of aliphatic hydroxyl groups excluding tert-OH is 1. The number of unbranched alkanes of at least 4 members (excludes halogenated alkanes) is 3. The van der Waals surface area contributed by atoms with Gasteiger partial charge in [-0.1, -0.05) is 39.5 Å². The fraction of sp³-hybridized carbons (Fsp3) is 0.846. The SMILES string of the molecule is CC(=O)O.CCCCCC.CCOC(C)=O.CO.O. The molecule has 0 unspecified atom stereocenters. The number of esters is 1. The van der Waals surface area contributed by atoms with Crippen LogP contribution >= 0.6 is 0 Å². The van der Waals surface area contributed by atoms with Gasteiger partial charge >= 0.3 is 5.97 Å². The maximum absolute atomic E-state index is 9.82. The molecule has 0 saturated carbocycles. The second kappa shape index (κ2) is 36.0. The molecule has 0 atom stereocenters.